The molecule has 0 aliphatic carbocycles. The number of methoxy groups -OCH3 is 2. The lowest BCUT2D eigenvalue weighted by Gasteiger charge is -2.30. The monoisotopic (exact) mass is 340 g/mol. The molecule has 0 spiro atoms. The highest BCUT2D eigenvalue weighted by molar-refractivity contribution is 5.81. The zero-order valence-corrected chi connectivity index (χ0v) is 15.0. The number of nitrogens with zero attached hydrogens (tertiary/aromatic N) is 1. The standard InChI is InChI=1S/C20H24N2O3/c1-14-6-4-5-7-17(14)21-12-20(23)22-9-8-15-10-18(24-2)19(25-3)11-16(15)13-22/h4-7,10-11,21H,8-9,12-13H2,1-3H3. The van der Waals surface area contributed by atoms with Crippen molar-refractivity contribution in [3.05, 3.63) is 53.1 Å². The summed E-state index contributed by atoms with van der Waals surface area (Å²) in [5, 5.41) is 3.24. The summed E-state index contributed by atoms with van der Waals surface area (Å²) in [6.07, 6.45) is 0.825. The zero-order valence-electron chi connectivity index (χ0n) is 15.0. The molecule has 1 aliphatic rings. The van der Waals surface area contributed by atoms with Crippen LogP contribution < -0.4 is 14.8 Å². The van der Waals surface area contributed by atoms with Crippen LogP contribution in [0.2, 0.25) is 0 Å². The third-order valence-electron chi connectivity index (χ3n) is 4.65. The van der Waals surface area contributed by atoms with Gasteiger partial charge in [0.2, 0.25) is 5.91 Å². The van der Waals surface area contributed by atoms with Crippen molar-refractivity contribution in [2.75, 3.05) is 32.6 Å². The molecule has 0 unspecified atom stereocenters. The van der Waals surface area contributed by atoms with Crippen molar-refractivity contribution in [1.82, 2.24) is 4.90 Å². The predicted molar refractivity (Wildman–Crippen MR) is 98.3 cm³/mol. The number of amides is 1. The molecule has 2 aromatic carbocycles. The number of ether oxygens (including phenoxy) is 2. The predicted octanol–water partition coefficient (Wildman–Crippen LogP) is 3.01. The van der Waals surface area contributed by atoms with Gasteiger partial charge in [0.1, 0.15) is 0 Å². The number of hydrogen-bond donors (Lipinski definition) is 1. The first-order valence-corrected chi connectivity index (χ1v) is 8.43. The quantitative estimate of drug-likeness (QED) is 0.909. The van der Waals surface area contributed by atoms with Crippen LogP contribution in [0.1, 0.15) is 16.7 Å². The number of nitrogens with one attached hydrogen (secondary N) is 1. The van der Waals surface area contributed by atoms with E-state index in [1.807, 2.05) is 48.2 Å². The molecule has 1 heterocycles. The van der Waals surface area contributed by atoms with Crippen LogP contribution in [0.25, 0.3) is 0 Å². The Balaban J connectivity index is 1.67. The minimum Gasteiger partial charge on any atom is -0.493 e. The first-order valence-electron chi connectivity index (χ1n) is 8.43. The minimum atomic E-state index is 0.101. The van der Waals surface area contributed by atoms with Crippen LogP contribution in [0.4, 0.5) is 5.69 Å². The van der Waals surface area contributed by atoms with E-state index in [0.29, 0.717) is 18.8 Å². The Morgan fingerprint density at radius 2 is 1.80 bits per heavy atom. The summed E-state index contributed by atoms with van der Waals surface area (Å²) >= 11 is 0. The Kier molecular flexibility index (Phi) is 5.12. The fourth-order valence-corrected chi connectivity index (χ4v) is 3.15. The van der Waals surface area contributed by atoms with Gasteiger partial charge in [0.15, 0.2) is 11.5 Å². The molecule has 5 nitrogen and oxygen atoms in total. The number of rotatable bonds is 5. The summed E-state index contributed by atoms with van der Waals surface area (Å²) < 4.78 is 10.7. The minimum absolute atomic E-state index is 0.101. The van der Waals surface area contributed by atoms with Gasteiger partial charge >= 0.3 is 0 Å². The normalized spacial score (nSPS) is 13.2. The second-order valence-corrected chi connectivity index (χ2v) is 6.21. The summed E-state index contributed by atoms with van der Waals surface area (Å²) in [6.45, 7) is 3.65. The molecule has 0 bridgehead atoms. The largest absolute Gasteiger partial charge is 0.493 e. The number of carbonyl (C=O) groups is 1. The van der Waals surface area contributed by atoms with Crippen LogP contribution in [0.15, 0.2) is 36.4 Å². The third-order valence-corrected chi connectivity index (χ3v) is 4.65. The number of anilines is 1. The Morgan fingerprint density at radius 3 is 2.48 bits per heavy atom. The van der Waals surface area contributed by atoms with Gasteiger partial charge in [0, 0.05) is 18.8 Å². The third kappa shape index (κ3) is 3.71. The molecule has 1 N–H and O–H groups in total. The molecule has 0 saturated heterocycles. The van der Waals surface area contributed by atoms with E-state index in [1.54, 1.807) is 14.2 Å². The van der Waals surface area contributed by atoms with Crippen molar-refractivity contribution < 1.29 is 14.3 Å². The second kappa shape index (κ2) is 7.47. The number of benzene rings is 2. The molecule has 0 aromatic heterocycles. The maximum absolute atomic E-state index is 12.6. The van der Waals surface area contributed by atoms with Gasteiger partial charge < -0.3 is 19.7 Å². The van der Waals surface area contributed by atoms with Crippen molar-refractivity contribution in [2.45, 2.75) is 19.9 Å². The van der Waals surface area contributed by atoms with E-state index in [2.05, 4.69) is 5.32 Å². The van der Waals surface area contributed by atoms with Gasteiger partial charge in [-0.1, -0.05) is 18.2 Å². The van der Waals surface area contributed by atoms with Crippen LogP contribution in [0, 0.1) is 6.92 Å². The first kappa shape index (κ1) is 17.1. The fourth-order valence-electron chi connectivity index (χ4n) is 3.15. The number of fused-ring (bicyclic) bond motifs is 1. The van der Waals surface area contributed by atoms with Crippen LogP contribution in [0.3, 0.4) is 0 Å². The number of para-hydroxylation sites is 1. The smallest absolute Gasteiger partial charge is 0.242 e. The van der Waals surface area contributed by atoms with E-state index in [1.165, 1.54) is 5.56 Å². The second-order valence-electron chi connectivity index (χ2n) is 6.21. The molecule has 132 valence electrons. The van der Waals surface area contributed by atoms with Crippen molar-refractivity contribution in [2.24, 2.45) is 0 Å². The average Bonchev–Trinajstić information content (AvgIpc) is 2.65. The number of carbonyl (C=O) groups excluding carboxylic acids is 1. The summed E-state index contributed by atoms with van der Waals surface area (Å²) in [4.78, 5) is 14.5. The molecule has 1 aliphatic heterocycles. The van der Waals surface area contributed by atoms with Crippen molar-refractivity contribution >= 4 is 11.6 Å². The Hall–Kier alpha value is -2.69. The van der Waals surface area contributed by atoms with Gasteiger partial charge in [-0.15, -0.1) is 0 Å². The summed E-state index contributed by atoms with van der Waals surface area (Å²) in [7, 11) is 3.27. The SMILES string of the molecule is COc1cc2c(cc1OC)CN(C(=O)CNc1ccccc1C)CC2. The lowest BCUT2D eigenvalue weighted by atomic mass is 9.98. The highest BCUT2D eigenvalue weighted by Crippen LogP contribution is 2.33. The molecule has 0 atom stereocenters. The number of hydrogen-bond acceptors (Lipinski definition) is 4. The summed E-state index contributed by atoms with van der Waals surface area (Å²) in [5.74, 6) is 1.54. The topological polar surface area (TPSA) is 50.8 Å². The van der Waals surface area contributed by atoms with Crippen molar-refractivity contribution in [3.8, 4) is 11.5 Å². The van der Waals surface area contributed by atoms with Gasteiger partial charge in [-0.3, -0.25) is 4.79 Å². The zero-order chi connectivity index (χ0) is 17.8. The molecule has 5 heteroatoms. The van der Waals surface area contributed by atoms with Crippen LogP contribution >= 0.6 is 0 Å². The fraction of sp³-hybridized carbons (Fsp3) is 0.350. The van der Waals surface area contributed by atoms with Crippen molar-refractivity contribution in [1.29, 1.82) is 0 Å². The Bertz CT molecular complexity index is 774. The van der Waals surface area contributed by atoms with Gasteiger partial charge in [0.25, 0.3) is 0 Å². The van der Waals surface area contributed by atoms with E-state index < -0.39 is 0 Å². The highest BCUT2D eigenvalue weighted by Gasteiger charge is 2.22. The highest BCUT2D eigenvalue weighted by atomic mass is 16.5. The number of aryl methyl sites for hydroxylation is 1. The molecular formula is C20H24N2O3. The van der Waals surface area contributed by atoms with Crippen LogP contribution in [-0.2, 0) is 17.8 Å². The lowest BCUT2D eigenvalue weighted by Crippen LogP contribution is -2.39. The van der Waals surface area contributed by atoms with Gasteiger partial charge in [0.05, 0.1) is 20.8 Å². The molecule has 3 rings (SSSR count). The molecular weight excluding hydrogens is 316 g/mol. The van der Waals surface area contributed by atoms with Gasteiger partial charge in [-0.05, 0) is 48.2 Å². The van der Waals surface area contributed by atoms with E-state index in [-0.39, 0.29) is 5.91 Å². The molecule has 0 fully saturated rings. The molecule has 25 heavy (non-hydrogen) atoms. The lowest BCUT2D eigenvalue weighted by molar-refractivity contribution is -0.130. The maximum Gasteiger partial charge on any atom is 0.242 e. The Labute approximate surface area is 148 Å². The van der Waals surface area contributed by atoms with E-state index in [0.717, 1.165) is 35.5 Å². The molecule has 2 aromatic rings. The van der Waals surface area contributed by atoms with E-state index >= 15 is 0 Å². The molecule has 0 radical (unpaired) electrons. The average molecular weight is 340 g/mol. The first-order chi connectivity index (χ1) is 12.1. The van der Waals surface area contributed by atoms with E-state index in [4.69, 9.17) is 9.47 Å². The van der Waals surface area contributed by atoms with Crippen LogP contribution in [0.5, 0.6) is 11.5 Å². The molecule has 1 amide bonds. The van der Waals surface area contributed by atoms with E-state index in [9.17, 15) is 4.79 Å². The summed E-state index contributed by atoms with van der Waals surface area (Å²) in [6, 6.07) is 12.0. The Morgan fingerprint density at radius 1 is 1.12 bits per heavy atom. The van der Waals surface area contributed by atoms with Gasteiger partial charge in [-0.2, -0.15) is 0 Å². The van der Waals surface area contributed by atoms with Crippen LogP contribution in [-0.4, -0.2) is 38.1 Å². The van der Waals surface area contributed by atoms with Crippen molar-refractivity contribution in [3.63, 3.8) is 0 Å². The van der Waals surface area contributed by atoms with Gasteiger partial charge in [-0.25, -0.2) is 0 Å². The summed E-state index contributed by atoms with van der Waals surface area (Å²) in [5.41, 5.74) is 4.47. The molecule has 0 saturated carbocycles. The maximum atomic E-state index is 12.6.